The Hall–Kier alpha value is -2.04. The van der Waals surface area contributed by atoms with Gasteiger partial charge in [0.25, 0.3) is 0 Å². The lowest BCUT2D eigenvalue weighted by molar-refractivity contribution is 0.189. The number of rotatable bonds is 6. The first-order valence-electron chi connectivity index (χ1n) is 7.16. The SMILES string of the molecule is O=C(Nc1ccccc1Cl)N(CCO)CCc1ccccc1. The quantitative estimate of drug-likeness (QED) is 0.857. The minimum atomic E-state index is -0.266. The van der Waals surface area contributed by atoms with Crippen LogP contribution < -0.4 is 5.32 Å². The van der Waals surface area contributed by atoms with Crippen LogP contribution in [0.1, 0.15) is 5.56 Å². The van der Waals surface area contributed by atoms with Crippen LogP contribution in [0.3, 0.4) is 0 Å². The summed E-state index contributed by atoms with van der Waals surface area (Å²) < 4.78 is 0. The normalized spacial score (nSPS) is 10.3. The molecule has 0 aliphatic carbocycles. The lowest BCUT2D eigenvalue weighted by Crippen LogP contribution is -2.38. The Bertz CT molecular complexity index is 605. The minimum Gasteiger partial charge on any atom is -0.395 e. The third-order valence-electron chi connectivity index (χ3n) is 3.29. The van der Waals surface area contributed by atoms with E-state index in [2.05, 4.69) is 5.32 Å². The Balaban J connectivity index is 1.97. The van der Waals surface area contributed by atoms with Gasteiger partial charge in [0.1, 0.15) is 0 Å². The van der Waals surface area contributed by atoms with Gasteiger partial charge >= 0.3 is 6.03 Å². The van der Waals surface area contributed by atoms with Crippen molar-refractivity contribution >= 4 is 23.3 Å². The lowest BCUT2D eigenvalue weighted by atomic mass is 10.1. The zero-order valence-electron chi connectivity index (χ0n) is 12.2. The van der Waals surface area contributed by atoms with Gasteiger partial charge in [-0.1, -0.05) is 54.1 Å². The van der Waals surface area contributed by atoms with Crippen LogP contribution in [0.2, 0.25) is 5.02 Å². The van der Waals surface area contributed by atoms with E-state index in [-0.39, 0.29) is 19.2 Å². The summed E-state index contributed by atoms with van der Waals surface area (Å²) in [7, 11) is 0. The van der Waals surface area contributed by atoms with E-state index in [1.165, 1.54) is 0 Å². The van der Waals surface area contributed by atoms with Gasteiger partial charge in [-0.05, 0) is 24.1 Å². The Morgan fingerprint density at radius 1 is 1.05 bits per heavy atom. The molecule has 0 aliphatic rings. The molecular formula is C17H19ClN2O2. The van der Waals surface area contributed by atoms with Gasteiger partial charge in [-0.25, -0.2) is 4.79 Å². The second-order valence-electron chi connectivity index (χ2n) is 4.86. The number of nitrogens with zero attached hydrogens (tertiary/aromatic N) is 1. The molecule has 22 heavy (non-hydrogen) atoms. The second kappa shape index (κ2) is 8.41. The summed E-state index contributed by atoms with van der Waals surface area (Å²) in [5.74, 6) is 0. The maximum Gasteiger partial charge on any atom is 0.321 e. The molecule has 0 radical (unpaired) electrons. The summed E-state index contributed by atoms with van der Waals surface area (Å²) in [5, 5.41) is 12.4. The molecule has 0 atom stereocenters. The maximum atomic E-state index is 12.3. The van der Waals surface area contributed by atoms with Crippen LogP contribution in [0.15, 0.2) is 54.6 Å². The summed E-state index contributed by atoms with van der Waals surface area (Å²) >= 11 is 6.04. The highest BCUT2D eigenvalue weighted by Crippen LogP contribution is 2.20. The molecule has 5 heteroatoms. The molecule has 2 aromatic rings. The summed E-state index contributed by atoms with van der Waals surface area (Å²) in [6.07, 6.45) is 0.733. The van der Waals surface area contributed by atoms with Crippen molar-refractivity contribution in [1.29, 1.82) is 0 Å². The molecular weight excluding hydrogens is 300 g/mol. The van der Waals surface area contributed by atoms with Crippen molar-refractivity contribution in [3.63, 3.8) is 0 Å². The minimum absolute atomic E-state index is 0.0786. The number of nitrogens with one attached hydrogen (secondary N) is 1. The standard InChI is InChI=1S/C17H19ClN2O2/c18-15-8-4-5-9-16(15)19-17(22)20(12-13-21)11-10-14-6-2-1-3-7-14/h1-9,21H,10-13H2,(H,19,22). The first-order valence-corrected chi connectivity index (χ1v) is 7.53. The molecule has 0 saturated heterocycles. The maximum absolute atomic E-state index is 12.3. The van der Waals surface area contributed by atoms with Gasteiger partial charge in [0.05, 0.1) is 17.3 Å². The molecule has 0 heterocycles. The zero-order valence-corrected chi connectivity index (χ0v) is 13.0. The summed E-state index contributed by atoms with van der Waals surface area (Å²) in [5.41, 5.74) is 1.72. The lowest BCUT2D eigenvalue weighted by Gasteiger charge is -2.22. The highest BCUT2D eigenvalue weighted by Gasteiger charge is 2.14. The van der Waals surface area contributed by atoms with E-state index in [1.807, 2.05) is 36.4 Å². The van der Waals surface area contributed by atoms with Crippen LogP contribution in [-0.2, 0) is 6.42 Å². The Labute approximate surface area is 135 Å². The van der Waals surface area contributed by atoms with Crippen molar-refractivity contribution in [1.82, 2.24) is 4.90 Å². The Kier molecular flexibility index (Phi) is 6.25. The van der Waals surface area contributed by atoms with Crippen molar-refractivity contribution in [2.24, 2.45) is 0 Å². The Morgan fingerprint density at radius 2 is 1.73 bits per heavy atom. The number of aliphatic hydroxyl groups excluding tert-OH is 1. The third kappa shape index (κ3) is 4.76. The zero-order chi connectivity index (χ0) is 15.8. The molecule has 2 amide bonds. The average molecular weight is 319 g/mol. The Morgan fingerprint density at radius 3 is 2.41 bits per heavy atom. The van der Waals surface area contributed by atoms with E-state index in [4.69, 9.17) is 16.7 Å². The molecule has 0 unspecified atom stereocenters. The van der Waals surface area contributed by atoms with E-state index in [9.17, 15) is 4.79 Å². The van der Waals surface area contributed by atoms with Crippen molar-refractivity contribution in [3.05, 3.63) is 65.2 Å². The summed E-state index contributed by atoms with van der Waals surface area (Å²) in [4.78, 5) is 13.9. The van der Waals surface area contributed by atoms with Crippen molar-refractivity contribution in [2.75, 3.05) is 25.0 Å². The topological polar surface area (TPSA) is 52.6 Å². The monoisotopic (exact) mass is 318 g/mol. The highest BCUT2D eigenvalue weighted by atomic mass is 35.5. The fraction of sp³-hybridized carbons (Fsp3) is 0.235. The number of hydrogen-bond donors (Lipinski definition) is 2. The van der Waals surface area contributed by atoms with Crippen LogP contribution in [0.4, 0.5) is 10.5 Å². The number of hydrogen-bond acceptors (Lipinski definition) is 2. The third-order valence-corrected chi connectivity index (χ3v) is 3.62. The molecule has 0 saturated carbocycles. The number of halogens is 1. The molecule has 4 nitrogen and oxygen atoms in total. The van der Waals surface area contributed by atoms with Crippen LogP contribution in [-0.4, -0.2) is 35.7 Å². The number of para-hydroxylation sites is 1. The number of urea groups is 1. The van der Waals surface area contributed by atoms with Crippen molar-refractivity contribution < 1.29 is 9.90 Å². The van der Waals surface area contributed by atoms with Gasteiger partial charge in [-0.15, -0.1) is 0 Å². The molecule has 0 aliphatic heterocycles. The summed E-state index contributed by atoms with van der Waals surface area (Å²) in [6.45, 7) is 0.731. The molecule has 0 bridgehead atoms. The van der Waals surface area contributed by atoms with Crippen LogP contribution in [0, 0.1) is 0 Å². The number of carbonyl (C=O) groups excluding carboxylic acids is 1. The van der Waals surface area contributed by atoms with Gasteiger partial charge < -0.3 is 15.3 Å². The predicted molar refractivity (Wildman–Crippen MR) is 89.3 cm³/mol. The fourth-order valence-electron chi connectivity index (χ4n) is 2.10. The predicted octanol–water partition coefficient (Wildman–Crippen LogP) is 3.41. The van der Waals surface area contributed by atoms with E-state index in [0.717, 1.165) is 12.0 Å². The molecule has 0 aromatic heterocycles. The number of anilines is 1. The van der Waals surface area contributed by atoms with E-state index < -0.39 is 0 Å². The number of aliphatic hydroxyl groups is 1. The van der Waals surface area contributed by atoms with Gasteiger partial charge in [0, 0.05) is 13.1 Å². The van der Waals surface area contributed by atoms with E-state index in [1.54, 1.807) is 23.1 Å². The molecule has 0 spiro atoms. The average Bonchev–Trinajstić information content (AvgIpc) is 2.54. The first kappa shape index (κ1) is 16.3. The van der Waals surface area contributed by atoms with E-state index in [0.29, 0.717) is 17.3 Å². The van der Waals surface area contributed by atoms with Crippen LogP contribution >= 0.6 is 11.6 Å². The first-order chi connectivity index (χ1) is 10.7. The largest absolute Gasteiger partial charge is 0.395 e. The fourth-order valence-corrected chi connectivity index (χ4v) is 2.28. The second-order valence-corrected chi connectivity index (χ2v) is 5.26. The van der Waals surface area contributed by atoms with Gasteiger partial charge in [0.15, 0.2) is 0 Å². The molecule has 2 rings (SSSR count). The molecule has 116 valence electrons. The van der Waals surface area contributed by atoms with Gasteiger partial charge in [0.2, 0.25) is 0 Å². The van der Waals surface area contributed by atoms with Gasteiger partial charge in [-0.2, -0.15) is 0 Å². The highest BCUT2D eigenvalue weighted by molar-refractivity contribution is 6.33. The van der Waals surface area contributed by atoms with Crippen molar-refractivity contribution in [3.8, 4) is 0 Å². The molecule has 2 aromatic carbocycles. The number of amides is 2. The number of benzene rings is 2. The van der Waals surface area contributed by atoms with Gasteiger partial charge in [-0.3, -0.25) is 0 Å². The summed E-state index contributed by atoms with van der Waals surface area (Å²) in [6, 6.07) is 16.7. The number of carbonyl (C=O) groups is 1. The molecule has 0 fully saturated rings. The van der Waals surface area contributed by atoms with E-state index >= 15 is 0 Å². The molecule has 2 N–H and O–H groups in total. The van der Waals surface area contributed by atoms with Crippen LogP contribution in [0.5, 0.6) is 0 Å². The smallest absolute Gasteiger partial charge is 0.321 e. The van der Waals surface area contributed by atoms with Crippen molar-refractivity contribution in [2.45, 2.75) is 6.42 Å². The van der Waals surface area contributed by atoms with Crippen LogP contribution in [0.25, 0.3) is 0 Å².